The lowest BCUT2D eigenvalue weighted by Gasteiger charge is -2.30. The predicted molar refractivity (Wildman–Crippen MR) is 117 cm³/mol. The molecule has 38 heavy (non-hydrogen) atoms. The van der Waals surface area contributed by atoms with Gasteiger partial charge in [-0.2, -0.15) is 26.3 Å². The topological polar surface area (TPSA) is 62.3 Å². The number of alkyl halides is 6. The third kappa shape index (κ3) is 5.46. The van der Waals surface area contributed by atoms with E-state index in [9.17, 15) is 44.7 Å². The molecule has 1 aromatic carbocycles. The molecule has 2 fully saturated rings. The van der Waals surface area contributed by atoms with Crippen molar-refractivity contribution in [2.45, 2.75) is 63.6 Å². The Bertz CT molecular complexity index is 1240. The number of nitrogens with one attached hydrogen (secondary N) is 1. The highest BCUT2D eigenvalue weighted by atomic mass is 19.4. The Morgan fingerprint density at radius 3 is 2.24 bits per heavy atom. The number of pyridine rings is 1. The number of rotatable bonds is 5. The smallest absolute Gasteiger partial charge is 0.347 e. The molecule has 206 valence electrons. The lowest BCUT2D eigenvalue weighted by molar-refractivity contribution is -0.141. The fourth-order valence-electron chi connectivity index (χ4n) is 4.79. The minimum atomic E-state index is -5.11. The lowest BCUT2D eigenvalue weighted by Crippen LogP contribution is -2.49. The molecule has 2 aromatic rings. The molecule has 13 heteroatoms. The summed E-state index contributed by atoms with van der Waals surface area (Å²) in [5.41, 5.74) is -3.84. The highest BCUT2D eigenvalue weighted by molar-refractivity contribution is 5.98. The number of hydrogen-bond acceptors (Lipinski definition) is 3. The van der Waals surface area contributed by atoms with Crippen molar-refractivity contribution in [3.05, 3.63) is 64.5 Å². The predicted octanol–water partition coefficient (Wildman–Crippen LogP) is 5.90. The molecule has 5 nitrogen and oxygen atoms in total. The van der Waals surface area contributed by atoms with Crippen LogP contribution >= 0.6 is 0 Å². The second-order valence-electron chi connectivity index (χ2n) is 9.78. The van der Waals surface area contributed by atoms with E-state index in [2.05, 4.69) is 10.3 Å². The first-order chi connectivity index (χ1) is 17.6. The number of carbonyl (C=O) groups excluding carboxylic acids is 2. The number of nitrogens with zero attached hydrogens (tertiary/aromatic N) is 2. The summed E-state index contributed by atoms with van der Waals surface area (Å²) < 4.78 is 107. The van der Waals surface area contributed by atoms with Crippen LogP contribution in [0.2, 0.25) is 0 Å². The zero-order valence-electron chi connectivity index (χ0n) is 20.1. The van der Waals surface area contributed by atoms with E-state index in [4.69, 9.17) is 0 Å². The summed E-state index contributed by atoms with van der Waals surface area (Å²) in [6.07, 6.45) is -7.93. The third-order valence-corrected chi connectivity index (χ3v) is 7.15. The molecule has 1 unspecified atom stereocenters. The van der Waals surface area contributed by atoms with E-state index in [0.717, 1.165) is 17.2 Å². The fraction of sp³-hybridized carbons (Fsp3) is 0.480. The second-order valence-corrected chi connectivity index (χ2v) is 9.78. The van der Waals surface area contributed by atoms with Crippen molar-refractivity contribution in [3.8, 4) is 0 Å². The van der Waals surface area contributed by atoms with E-state index in [1.165, 1.54) is 0 Å². The van der Waals surface area contributed by atoms with E-state index in [0.29, 0.717) is 25.0 Å². The molecule has 4 atom stereocenters. The summed E-state index contributed by atoms with van der Waals surface area (Å²) in [7, 11) is 0. The number of halogens is 8. The van der Waals surface area contributed by atoms with E-state index < -0.39 is 70.7 Å². The van der Waals surface area contributed by atoms with Gasteiger partial charge in [0.25, 0.3) is 5.91 Å². The average molecular weight is 549 g/mol. The van der Waals surface area contributed by atoms with Gasteiger partial charge in [0.2, 0.25) is 5.91 Å². The molecule has 1 saturated carbocycles. The van der Waals surface area contributed by atoms with E-state index in [1.54, 1.807) is 13.8 Å². The highest BCUT2D eigenvalue weighted by Crippen LogP contribution is 2.44. The minimum Gasteiger partial charge on any atom is -0.347 e. The first kappa shape index (κ1) is 27.8. The van der Waals surface area contributed by atoms with Crippen LogP contribution in [0.1, 0.15) is 66.3 Å². The summed E-state index contributed by atoms with van der Waals surface area (Å²) in [6.45, 7) is 3.38. The van der Waals surface area contributed by atoms with Crippen LogP contribution in [-0.4, -0.2) is 33.8 Å². The number of likely N-dealkylation sites (tertiary alicyclic amines) is 1. The van der Waals surface area contributed by atoms with Crippen molar-refractivity contribution in [1.29, 1.82) is 0 Å². The van der Waals surface area contributed by atoms with Crippen LogP contribution in [0.25, 0.3) is 0 Å². The Kier molecular flexibility index (Phi) is 7.17. The Hall–Kier alpha value is -3.25. The molecule has 1 aliphatic heterocycles. The quantitative estimate of drug-likeness (QED) is 0.473. The van der Waals surface area contributed by atoms with Crippen LogP contribution in [-0.2, 0) is 17.1 Å². The van der Waals surface area contributed by atoms with Crippen LogP contribution in [0, 0.1) is 23.5 Å². The van der Waals surface area contributed by atoms with Crippen LogP contribution < -0.4 is 5.32 Å². The maximum atomic E-state index is 14.7. The Labute approximate surface area is 212 Å². The van der Waals surface area contributed by atoms with Gasteiger partial charge in [0.05, 0.1) is 11.6 Å². The Morgan fingerprint density at radius 1 is 1.00 bits per heavy atom. The standard InChI is InChI=1S/C25H23F8N3O2/c1-11-7-19(36(12(11)2)23(38)14-5-6-34-20(8-14)25(31,32)33)22(37)35-21(13-3-4-13)15-9-18(27)16(10-17(15)26)24(28,29)30/h5-6,8-13,19,21H,3-4,7H2,1-2H3,(H,35,37)/t11-,12-,19-,21?/m1/s1. The van der Waals surface area contributed by atoms with Gasteiger partial charge in [0.15, 0.2) is 0 Å². The zero-order valence-corrected chi connectivity index (χ0v) is 20.1. The number of hydrogen-bond donors (Lipinski definition) is 1. The normalized spacial score (nSPS) is 22.9. The van der Waals surface area contributed by atoms with Gasteiger partial charge in [-0.05, 0) is 62.3 Å². The second kappa shape index (κ2) is 9.81. The average Bonchev–Trinajstić information content (AvgIpc) is 3.62. The molecule has 1 N–H and O–H groups in total. The summed E-state index contributed by atoms with van der Waals surface area (Å²) in [4.78, 5) is 31.0. The lowest BCUT2D eigenvalue weighted by atomic mass is 9.98. The summed E-state index contributed by atoms with van der Waals surface area (Å²) in [5.74, 6) is -5.24. The molecule has 4 rings (SSSR count). The molecule has 2 amide bonds. The van der Waals surface area contributed by atoms with Crippen molar-refractivity contribution in [2.75, 3.05) is 0 Å². The molecule has 0 bridgehead atoms. The molecule has 2 heterocycles. The van der Waals surface area contributed by atoms with Gasteiger partial charge in [0.1, 0.15) is 23.4 Å². The Morgan fingerprint density at radius 2 is 1.66 bits per heavy atom. The minimum absolute atomic E-state index is 0.0451. The van der Waals surface area contributed by atoms with Crippen LogP contribution in [0.5, 0.6) is 0 Å². The summed E-state index contributed by atoms with van der Waals surface area (Å²) >= 11 is 0. The van der Waals surface area contributed by atoms with Crippen molar-refractivity contribution in [2.24, 2.45) is 11.8 Å². The van der Waals surface area contributed by atoms with Crippen LogP contribution in [0.4, 0.5) is 35.1 Å². The highest BCUT2D eigenvalue weighted by Gasteiger charge is 2.46. The van der Waals surface area contributed by atoms with Gasteiger partial charge in [-0.1, -0.05) is 6.92 Å². The molecule has 1 aliphatic carbocycles. The maximum absolute atomic E-state index is 14.7. The molecule has 0 spiro atoms. The molecule has 1 saturated heterocycles. The van der Waals surface area contributed by atoms with Gasteiger partial charge in [0, 0.05) is 23.4 Å². The van der Waals surface area contributed by atoms with Crippen molar-refractivity contribution < 1.29 is 44.7 Å². The summed E-state index contributed by atoms with van der Waals surface area (Å²) in [5, 5.41) is 2.56. The molecular formula is C25H23F8N3O2. The Balaban J connectivity index is 1.62. The van der Waals surface area contributed by atoms with Crippen LogP contribution in [0.3, 0.4) is 0 Å². The number of benzene rings is 1. The number of amides is 2. The molecule has 1 aromatic heterocycles. The fourth-order valence-corrected chi connectivity index (χ4v) is 4.79. The van der Waals surface area contributed by atoms with Crippen LogP contribution in [0.15, 0.2) is 30.5 Å². The first-order valence-corrected chi connectivity index (χ1v) is 11.8. The van der Waals surface area contributed by atoms with E-state index in [-0.39, 0.29) is 29.9 Å². The molecule has 2 aliphatic rings. The largest absolute Gasteiger partial charge is 0.433 e. The van der Waals surface area contributed by atoms with Gasteiger partial charge in [-0.25, -0.2) is 8.78 Å². The zero-order chi connectivity index (χ0) is 28.2. The van der Waals surface area contributed by atoms with Crippen molar-refractivity contribution in [1.82, 2.24) is 15.2 Å². The van der Waals surface area contributed by atoms with Gasteiger partial charge >= 0.3 is 12.4 Å². The van der Waals surface area contributed by atoms with E-state index >= 15 is 0 Å². The summed E-state index contributed by atoms with van der Waals surface area (Å²) in [6, 6.07) is -0.724. The monoisotopic (exact) mass is 549 g/mol. The van der Waals surface area contributed by atoms with Crippen molar-refractivity contribution >= 4 is 11.8 Å². The number of aromatic nitrogens is 1. The maximum Gasteiger partial charge on any atom is 0.433 e. The van der Waals surface area contributed by atoms with Gasteiger partial charge < -0.3 is 10.2 Å². The van der Waals surface area contributed by atoms with Gasteiger partial charge in [-0.3, -0.25) is 14.6 Å². The first-order valence-electron chi connectivity index (χ1n) is 11.8. The van der Waals surface area contributed by atoms with Gasteiger partial charge in [-0.15, -0.1) is 0 Å². The van der Waals surface area contributed by atoms with Crippen molar-refractivity contribution in [3.63, 3.8) is 0 Å². The third-order valence-electron chi connectivity index (χ3n) is 7.15. The SMILES string of the molecule is C[C@@H]1C[C@H](C(=O)NC(c2cc(F)c(C(F)(F)F)cc2F)C2CC2)N(C(=O)c2ccnc(C(F)(F)F)c2)[C@@H]1C. The number of carbonyl (C=O) groups is 2. The molecule has 0 radical (unpaired) electrons. The molecular weight excluding hydrogens is 526 g/mol. The van der Waals surface area contributed by atoms with E-state index in [1.807, 2.05) is 0 Å².